The van der Waals surface area contributed by atoms with Crippen molar-refractivity contribution in [2.75, 3.05) is 14.2 Å². The van der Waals surface area contributed by atoms with Crippen molar-refractivity contribution in [3.05, 3.63) is 52.0 Å². The third-order valence-corrected chi connectivity index (χ3v) is 3.62. The van der Waals surface area contributed by atoms with Gasteiger partial charge >= 0.3 is 11.9 Å². The Balaban J connectivity index is 0.00000139. The van der Waals surface area contributed by atoms with Crippen LogP contribution < -0.4 is 5.46 Å². The maximum atomic E-state index is 12.0. The lowest BCUT2D eigenvalue weighted by molar-refractivity contribution is 0.0590. The Morgan fingerprint density at radius 3 is 1.83 bits per heavy atom. The van der Waals surface area contributed by atoms with Crippen LogP contribution >= 0.6 is 15.9 Å². The van der Waals surface area contributed by atoms with Crippen LogP contribution in [0.2, 0.25) is 0 Å². The lowest BCUT2D eigenvalue weighted by Gasteiger charge is -2.13. The number of hydrogen-bond donors (Lipinski definition) is 0. The maximum Gasteiger partial charge on any atom is 0.338 e. The largest absolute Gasteiger partial charge is 0.465 e. The molecule has 0 N–H and O–H groups in total. The van der Waals surface area contributed by atoms with Crippen LogP contribution in [0.1, 0.15) is 34.6 Å². The molecule has 0 aromatic heterocycles. The van der Waals surface area contributed by atoms with Gasteiger partial charge in [-0.15, -0.1) is 0 Å². The van der Waals surface area contributed by atoms with E-state index in [2.05, 4.69) is 15.9 Å². The van der Waals surface area contributed by atoms with E-state index in [0.29, 0.717) is 22.2 Å². The lowest BCUT2D eigenvalue weighted by Crippen LogP contribution is -2.12. The third kappa shape index (κ3) is 4.48. The summed E-state index contributed by atoms with van der Waals surface area (Å²) in [5, 5.41) is 0. The van der Waals surface area contributed by atoms with Crippen molar-refractivity contribution in [2.24, 2.45) is 0 Å². The highest BCUT2D eigenvalue weighted by atomic mass is 79.9. The number of halogens is 1. The Kier molecular flexibility index (Phi) is 7.72. The molecule has 0 aliphatic carbocycles. The number of ether oxygens (including phenoxy) is 2. The van der Waals surface area contributed by atoms with Crippen LogP contribution in [0.25, 0.3) is 11.1 Å². The molecule has 0 saturated heterocycles. The molecule has 2 rings (SSSR count). The zero-order chi connectivity index (χ0) is 18.3. The highest BCUT2D eigenvalue weighted by Gasteiger charge is 2.19. The van der Waals surface area contributed by atoms with Crippen molar-refractivity contribution in [2.45, 2.75) is 13.8 Å². The highest BCUT2D eigenvalue weighted by molar-refractivity contribution is 9.10. The minimum Gasteiger partial charge on any atom is -0.465 e. The van der Waals surface area contributed by atoms with Gasteiger partial charge in [0.15, 0.2) is 0 Å². The highest BCUT2D eigenvalue weighted by Crippen LogP contribution is 2.30. The first-order valence-corrected chi connectivity index (χ1v) is 8.13. The van der Waals surface area contributed by atoms with Gasteiger partial charge in [0.25, 0.3) is 0 Å². The molecule has 2 radical (unpaired) electrons. The zero-order valence-corrected chi connectivity index (χ0v) is 15.6. The van der Waals surface area contributed by atoms with E-state index in [4.69, 9.17) is 17.3 Å². The predicted molar refractivity (Wildman–Crippen MR) is 99.0 cm³/mol. The van der Waals surface area contributed by atoms with E-state index in [1.54, 1.807) is 30.3 Å². The Morgan fingerprint density at radius 1 is 0.875 bits per heavy atom. The number of esters is 2. The van der Waals surface area contributed by atoms with Crippen LogP contribution in [-0.2, 0) is 9.47 Å². The Labute approximate surface area is 151 Å². The first-order chi connectivity index (χ1) is 11.5. The number of carbonyl (C=O) groups is 2. The van der Waals surface area contributed by atoms with E-state index in [9.17, 15) is 9.59 Å². The Morgan fingerprint density at radius 2 is 1.33 bits per heavy atom. The minimum absolute atomic E-state index is 0.287. The predicted octanol–water partition coefficient (Wildman–Crippen LogP) is 3.51. The molecule has 6 heteroatoms. The molecular formula is C18H18BBrO4. The molecule has 124 valence electrons. The molecular weight excluding hydrogens is 371 g/mol. The SMILES string of the molecule is CC.[B]c1ccc(-c2ccc(Br)cc2C(=O)OC)c(C(=O)OC)c1. The molecule has 0 saturated carbocycles. The van der Waals surface area contributed by atoms with E-state index >= 15 is 0 Å². The molecule has 4 nitrogen and oxygen atoms in total. The van der Waals surface area contributed by atoms with Crippen molar-refractivity contribution in [3.63, 3.8) is 0 Å². The summed E-state index contributed by atoms with van der Waals surface area (Å²) in [6.07, 6.45) is 0. The second-order valence-electron chi connectivity index (χ2n) is 4.48. The number of benzene rings is 2. The first-order valence-electron chi connectivity index (χ1n) is 7.34. The minimum atomic E-state index is -0.527. The normalized spacial score (nSPS) is 9.54. The molecule has 2 aromatic rings. The Bertz CT molecular complexity index is 680. The fourth-order valence-electron chi connectivity index (χ4n) is 2.11. The zero-order valence-electron chi connectivity index (χ0n) is 14.1. The number of carbonyl (C=O) groups excluding carboxylic acids is 2. The summed E-state index contributed by atoms with van der Waals surface area (Å²) in [6, 6.07) is 10.00. The molecule has 0 fully saturated rings. The lowest BCUT2D eigenvalue weighted by atomic mass is 9.88. The monoisotopic (exact) mass is 388 g/mol. The molecule has 0 spiro atoms. The molecule has 0 heterocycles. The number of hydrogen-bond acceptors (Lipinski definition) is 4. The molecule has 0 unspecified atom stereocenters. The fourth-order valence-corrected chi connectivity index (χ4v) is 2.47. The summed E-state index contributed by atoms with van der Waals surface area (Å²) < 4.78 is 10.3. The van der Waals surface area contributed by atoms with E-state index in [1.165, 1.54) is 20.3 Å². The van der Waals surface area contributed by atoms with Gasteiger partial charge < -0.3 is 9.47 Å². The topological polar surface area (TPSA) is 52.6 Å². The van der Waals surface area contributed by atoms with Gasteiger partial charge in [0.2, 0.25) is 0 Å². The summed E-state index contributed by atoms with van der Waals surface area (Å²) >= 11 is 3.32. The third-order valence-electron chi connectivity index (χ3n) is 3.13. The standard InChI is InChI=1S/C16H12BBrO4.C2H6/c1-21-15(19)13-7-9(17)3-5-11(13)12-6-4-10(18)8-14(12)16(20)22-2;1-2/h3-8H,1-2H3;1-2H3. The second-order valence-corrected chi connectivity index (χ2v) is 5.39. The second kappa shape index (κ2) is 9.28. The number of methoxy groups -OCH3 is 2. The summed E-state index contributed by atoms with van der Waals surface area (Å²) in [5.74, 6) is -1.02. The van der Waals surface area contributed by atoms with Gasteiger partial charge in [-0.3, -0.25) is 0 Å². The average Bonchev–Trinajstić information content (AvgIpc) is 2.62. The molecule has 0 amide bonds. The maximum absolute atomic E-state index is 12.0. The van der Waals surface area contributed by atoms with Gasteiger partial charge in [-0.25, -0.2) is 9.59 Å². The summed E-state index contributed by atoms with van der Waals surface area (Å²) in [6.45, 7) is 4.00. The van der Waals surface area contributed by atoms with Crippen LogP contribution in [0, 0.1) is 0 Å². The molecule has 2 aromatic carbocycles. The molecule has 0 bridgehead atoms. The van der Waals surface area contributed by atoms with Gasteiger partial charge in [0.05, 0.1) is 25.3 Å². The molecule has 24 heavy (non-hydrogen) atoms. The summed E-state index contributed by atoms with van der Waals surface area (Å²) in [5.41, 5.74) is 2.17. The van der Waals surface area contributed by atoms with E-state index in [-0.39, 0.29) is 5.56 Å². The van der Waals surface area contributed by atoms with E-state index in [0.717, 1.165) is 4.47 Å². The van der Waals surface area contributed by atoms with Crippen molar-refractivity contribution in [1.29, 1.82) is 0 Å². The number of rotatable bonds is 3. The van der Waals surface area contributed by atoms with Gasteiger partial charge in [0.1, 0.15) is 7.85 Å². The average molecular weight is 389 g/mol. The van der Waals surface area contributed by atoms with Gasteiger partial charge in [-0.1, -0.05) is 59.5 Å². The van der Waals surface area contributed by atoms with Gasteiger partial charge in [0, 0.05) is 4.47 Å². The fraction of sp³-hybridized carbons (Fsp3) is 0.222. The van der Waals surface area contributed by atoms with Crippen molar-refractivity contribution in [3.8, 4) is 11.1 Å². The quantitative estimate of drug-likeness (QED) is 0.596. The first kappa shape index (κ1) is 20.0. The van der Waals surface area contributed by atoms with Crippen LogP contribution in [0.5, 0.6) is 0 Å². The Hall–Kier alpha value is -2.08. The van der Waals surface area contributed by atoms with Crippen molar-refractivity contribution in [1.82, 2.24) is 0 Å². The smallest absolute Gasteiger partial charge is 0.338 e. The van der Waals surface area contributed by atoms with Crippen LogP contribution in [0.15, 0.2) is 40.9 Å². The van der Waals surface area contributed by atoms with Gasteiger partial charge in [-0.2, -0.15) is 0 Å². The van der Waals surface area contributed by atoms with Crippen molar-refractivity contribution >= 4 is 41.2 Å². The van der Waals surface area contributed by atoms with Crippen LogP contribution in [0.4, 0.5) is 0 Å². The van der Waals surface area contributed by atoms with Crippen molar-refractivity contribution < 1.29 is 19.1 Å². The molecule has 0 aliphatic heterocycles. The van der Waals surface area contributed by atoms with Gasteiger partial charge in [-0.05, 0) is 23.3 Å². The summed E-state index contributed by atoms with van der Waals surface area (Å²) in [7, 11) is 8.33. The van der Waals surface area contributed by atoms with Crippen LogP contribution in [-0.4, -0.2) is 34.0 Å². The van der Waals surface area contributed by atoms with E-state index < -0.39 is 11.9 Å². The molecule has 0 aliphatic rings. The van der Waals surface area contributed by atoms with E-state index in [1.807, 2.05) is 13.8 Å². The summed E-state index contributed by atoms with van der Waals surface area (Å²) in [4.78, 5) is 24.0. The van der Waals surface area contributed by atoms with Crippen LogP contribution in [0.3, 0.4) is 0 Å². The molecule has 0 atom stereocenters.